The normalized spacial score (nSPS) is 10.9. The van der Waals surface area contributed by atoms with Crippen molar-refractivity contribution in [2.75, 3.05) is 6.61 Å². The minimum absolute atomic E-state index is 0.167. The van der Waals surface area contributed by atoms with Gasteiger partial charge in [-0.05, 0) is 58.5 Å². The molecule has 0 saturated carbocycles. The number of nitrogens with one attached hydrogen (secondary N) is 1. The average molecular weight is 447 g/mol. The van der Waals surface area contributed by atoms with Crippen molar-refractivity contribution < 1.29 is 14.6 Å². The highest BCUT2D eigenvalue weighted by Crippen LogP contribution is 2.22. The molecule has 0 aliphatic rings. The molecular weight excluding hydrogens is 433 g/mol. The van der Waals surface area contributed by atoms with Crippen LogP contribution in [0.5, 0.6) is 11.5 Å². The van der Waals surface area contributed by atoms with Gasteiger partial charge in [0.1, 0.15) is 17.0 Å². The third-order valence-corrected chi connectivity index (χ3v) is 4.19. The highest BCUT2D eigenvalue weighted by molar-refractivity contribution is 14.1. The molecule has 6 nitrogen and oxygen atoms in total. The second kappa shape index (κ2) is 7.93. The van der Waals surface area contributed by atoms with Gasteiger partial charge in [0.25, 0.3) is 5.91 Å². The van der Waals surface area contributed by atoms with Crippen LogP contribution >= 0.6 is 22.6 Å². The second-order valence-electron chi connectivity index (χ2n) is 5.12. The van der Waals surface area contributed by atoms with E-state index in [2.05, 4.69) is 15.5 Å². The molecular formula is C18H14IN3O3. The van der Waals surface area contributed by atoms with Gasteiger partial charge in [0, 0.05) is 11.6 Å². The Labute approximate surface area is 157 Å². The number of halogens is 1. The lowest BCUT2D eigenvalue weighted by molar-refractivity contribution is -0.123. The number of phenols is 1. The quantitative estimate of drug-likeness (QED) is 0.358. The van der Waals surface area contributed by atoms with E-state index in [0.29, 0.717) is 14.8 Å². The van der Waals surface area contributed by atoms with Gasteiger partial charge in [-0.3, -0.25) is 9.78 Å². The van der Waals surface area contributed by atoms with E-state index < -0.39 is 0 Å². The summed E-state index contributed by atoms with van der Waals surface area (Å²) >= 11 is 2.02. The third-order valence-electron chi connectivity index (χ3n) is 3.33. The van der Waals surface area contributed by atoms with Crippen molar-refractivity contribution in [1.82, 2.24) is 10.4 Å². The fourth-order valence-electron chi connectivity index (χ4n) is 2.15. The number of pyridine rings is 1. The number of nitrogens with zero attached hydrogens (tertiary/aromatic N) is 2. The van der Waals surface area contributed by atoms with Crippen LogP contribution < -0.4 is 10.2 Å². The van der Waals surface area contributed by atoms with Gasteiger partial charge in [-0.1, -0.05) is 18.2 Å². The van der Waals surface area contributed by atoms with Crippen molar-refractivity contribution in [3.8, 4) is 11.5 Å². The highest BCUT2D eigenvalue weighted by atomic mass is 127. The molecule has 1 amide bonds. The van der Waals surface area contributed by atoms with Gasteiger partial charge < -0.3 is 9.84 Å². The second-order valence-corrected chi connectivity index (χ2v) is 6.29. The van der Waals surface area contributed by atoms with Crippen LogP contribution in [0.2, 0.25) is 0 Å². The number of rotatable bonds is 5. The summed E-state index contributed by atoms with van der Waals surface area (Å²) in [6.07, 6.45) is 3.18. The van der Waals surface area contributed by atoms with E-state index in [9.17, 15) is 9.90 Å². The van der Waals surface area contributed by atoms with Crippen LogP contribution in [-0.2, 0) is 4.79 Å². The molecule has 0 radical (unpaired) electrons. The van der Waals surface area contributed by atoms with Gasteiger partial charge in [0.15, 0.2) is 6.61 Å². The molecule has 0 fully saturated rings. The SMILES string of the molecule is O=C(COc1cccc2cccnc12)N/N=C\c1ccc(O)c(I)c1. The van der Waals surface area contributed by atoms with Crippen molar-refractivity contribution in [2.24, 2.45) is 5.10 Å². The fraction of sp³-hybridized carbons (Fsp3) is 0.0556. The Morgan fingerprint density at radius 3 is 2.96 bits per heavy atom. The molecule has 0 saturated heterocycles. The van der Waals surface area contributed by atoms with E-state index in [4.69, 9.17) is 4.74 Å². The van der Waals surface area contributed by atoms with E-state index in [1.165, 1.54) is 6.21 Å². The number of aromatic nitrogens is 1. The Bertz CT molecular complexity index is 939. The molecule has 3 aromatic rings. The first-order valence-electron chi connectivity index (χ1n) is 7.40. The number of carbonyl (C=O) groups excluding carboxylic acids is 1. The molecule has 3 rings (SSSR count). The Hall–Kier alpha value is -2.68. The smallest absolute Gasteiger partial charge is 0.277 e. The van der Waals surface area contributed by atoms with Gasteiger partial charge in [0.05, 0.1) is 9.78 Å². The van der Waals surface area contributed by atoms with Crippen LogP contribution in [-0.4, -0.2) is 28.8 Å². The summed E-state index contributed by atoms with van der Waals surface area (Å²) in [5.74, 6) is 0.377. The number of aromatic hydroxyl groups is 1. The Balaban J connectivity index is 1.57. The van der Waals surface area contributed by atoms with Crippen LogP contribution in [0.1, 0.15) is 5.56 Å². The first kappa shape index (κ1) is 17.2. The number of fused-ring (bicyclic) bond motifs is 1. The summed E-state index contributed by atoms with van der Waals surface area (Å²) in [7, 11) is 0. The number of hydrazone groups is 1. The van der Waals surface area contributed by atoms with Gasteiger partial charge in [0.2, 0.25) is 0 Å². The largest absolute Gasteiger partial charge is 0.507 e. The number of para-hydroxylation sites is 1. The van der Waals surface area contributed by atoms with E-state index in [1.54, 1.807) is 30.5 Å². The predicted octanol–water partition coefficient (Wildman–Crippen LogP) is 3.07. The van der Waals surface area contributed by atoms with Gasteiger partial charge in [-0.15, -0.1) is 0 Å². The summed E-state index contributed by atoms with van der Waals surface area (Å²) in [5.41, 5.74) is 3.88. The lowest BCUT2D eigenvalue weighted by Crippen LogP contribution is -2.24. The van der Waals surface area contributed by atoms with Crippen LogP contribution in [0.25, 0.3) is 10.9 Å². The molecule has 7 heteroatoms. The van der Waals surface area contributed by atoms with E-state index in [-0.39, 0.29) is 18.3 Å². The predicted molar refractivity (Wildman–Crippen MR) is 104 cm³/mol. The molecule has 0 unspecified atom stereocenters. The van der Waals surface area contributed by atoms with E-state index in [0.717, 1.165) is 10.9 Å². The third kappa shape index (κ3) is 4.44. The molecule has 1 heterocycles. The summed E-state index contributed by atoms with van der Waals surface area (Å²) in [5, 5.41) is 14.3. The first-order chi connectivity index (χ1) is 12.1. The van der Waals surface area contributed by atoms with Crippen LogP contribution in [0.3, 0.4) is 0 Å². The molecule has 126 valence electrons. The maximum absolute atomic E-state index is 11.9. The number of carbonyl (C=O) groups is 1. The fourth-order valence-corrected chi connectivity index (χ4v) is 2.69. The van der Waals surface area contributed by atoms with Crippen molar-refractivity contribution in [3.63, 3.8) is 0 Å². The maximum atomic E-state index is 11.9. The molecule has 0 atom stereocenters. The van der Waals surface area contributed by atoms with E-state index in [1.807, 2.05) is 46.9 Å². The summed E-state index contributed by atoms with van der Waals surface area (Å²) in [6, 6.07) is 14.3. The Morgan fingerprint density at radius 2 is 2.12 bits per heavy atom. The molecule has 0 bridgehead atoms. The Kier molecular flexibility index (Phi) is 5.44. The first-order valence-corrected chi connectivity index (χ1v) is 8.48. The van der Waals surface area contributed by atoms with Crippen molar-refractivity contribution in [2.45, 2.75) is 0 Å². The zero-order chi connectivity index (χ0) is 17.6. The van der Waals surface area contributed by atoms with Crippen molar-refractivity contribution in [3.05, 3.63) is 63.9 Å². The number of phenolic OH excluding ortho intramolecular Hbond substituents is 1. The molecule has 0 spiro atoms. The molecule has 2 N–H and O–H groups in total. The van der Waals surface area contributed by atoms with Crippen molar-refractivity contribution in [1.29, 1.82) is 0 Å². The minimum Gasteiger partial charge on any atom is -0.507 e. The number of benzene rings is 2. The molecule has 1 aromatic heterocycles. The van der Waals surface area contributed by atoms with E-state index >= 15 is 0 Å². The van der Waals surface area contributed by atoms with Crippen LogP contribution in [0.4, 0.5) is 0 Å². The van der Waals surface area contributed by atoms with Crippen LogP contribution in [0.15, 0.2) is 59.8 Å². The molecule has 25 heavy (non-hydrogen) atoms. The lowest BCUT2D eigenvalue weighted by Gasteiger charge is -2.07. The van der Waals surface area contributed by atoms with Gasteiger partial charge in [-0.25, -0.2) is 5.43 Å². The van der Waals surface area contributed by atoms with Crippen LogP contribution in [0, 0.1) is 3.57 Å². The lowest BCUT2D eigenvalue weighted by atomic mass is 10.2. The summed E-state index contributed by atoms with van der Waals surface area (Å²) in [6.45, 7) is -0.167. The zero-order valence-corrected chi connectivity index (χ0v) is 15.2. The van der Waals surface area contributed by atoms with Crippen molar-refractivity contribution >= 4 is 45.6 Å². The zero-order valence-electron chi connectivity index (χ0n) is 13.0. The summed E-state index contributed by atoms with van der Waals surface area (Å²) in [4.78, 5) is 16.1. The van der Waals surface area contributed by atoms with Gasteiger partial charge in [-0.2, -0.15) is 5.10 Å². The number of hydrogen-bond donors (Lipinski definition) is 2. The number of hydrogen-bond acceptors (Lipinski definition) is 5. The standard InChI is InChI=1S/C18H14IN3O3/c19-14-9-12(6-7-15(14)23)10-21-22-17(24)11-25-16-5-1-3-13-4-2-8-20-18(13)16/h1-10,23H,11H2,(H,22,24)/b21-10-. The molecule has 2 aromatic carbocycles. The number of amides is 1. The monoisotopic (exact) mass is 447 g/mol. The minimum atomic E-state index is -0.377. The molecule has 0 aliphatic heterocycles. The Morgan fingerprint density at radius 1 is 1.28 bits per heavy atom. The summed E-state index contributed by atoms with van der Waals surface area (Å²) < 4.78 is 6.24. The highest BCUT2D eigenvalue weighted by Gasteiger charge is 2.06. The topological polar surface area (TPSA) is 83.8 Å². The number of ether oxygens (including phenoxy) is 1. The molecule has 0 aliphatic carbocycles. The van der Waals surface area contributed by atoms with Gasteiger partial charge >= 0.3 is 0 Å². The average Bonchev–Trinajstić information content (AvgIpc) is 2.63. The maximum Gasteiger partial charge on any atom is 0.277 e.